The highest BCUT2D eigenvalue weighted by molar-refractivity contribution is 7.91. The van der Waals surface area contributed by atoms with Crippen molar-refractivity contribution < 1.29 is 32.3 Å². The van der Waals surface area contributed by atoms with Crippen molar-refractivity contribution >= 4 is 33.4 Å². The molecule has 0 unspecified atom stereocenters. The molecule has 0 aliphatic carbocycles. The lowest BCUT2D eigenvalue weighted by Crippen LogP contribution is -2.50. The highest BCUT2D eigenvalue weighted by Gasteiger charge is 2.27. The van der Waals surface area contributed by atoms with E-state index in [0.717, 1.165) is 0 Å². The van der Waals surface area contributed by atoms with Gasteiger partial charge in [-0.2, -0.15) is 0 Å². The molecule has 2 aliphatic rings. The maximum atomic E-state index is 12.6. The molecule has 1 fully saturated rings. The molecule has 11 heteroatoms. The first-order chi connectivity index (χ1) is 13.8. The minimum absolute atomic E-state index is 0.0157. The van der Waals surface area contributed by atoms with Crippen LogP contribution >= 0.6 is 0 Å². The number of amides is 3. The van der Waals surface area contributed by atoms with Gasteiger partial charge in [0.05, 0.1) is 22.9 Å². The van der Waals surface area contributed by atoms with Crippen LogP contribution in [0.3, 0.4) is 0 Å². The third-order valence-corrected chi connectivity index (χ3v) is 6.40. The van der Waals surface area contributed by atoms with Crippen LogP contribution in [0.25, 0.3) is 0 Å². The van der Waals surface area contributed by atoms with Crippen LogP contribution in [0.4, 0.5) is 10.5 Å². The second-order valence-corrected chi connectivity index (χ2v) is 8.74. The third kappa shape index (κ3) is 4.97. The summed E-state index contributed by atoms with van der Waals surface area (Å²) in [7, 11) is -3.72. The molecule has 3 amide bonds. The Labute approximate surface area is 168 Å². The van der Waals surface area contributed by atoms with Gasteiger partial charge in [-0.15, -0.1) is 0 Å². The number of carbonyl (C=O) groups excluding carboxylic acids is 3. The topological polar surface area (TPSA) is 122 Å². The second-order valence-electron chi connectivity index (χ2n) is 6.63. The zero-order chi connectivity index (χ0) is 21.0. The van der Waals surface area contributed by atoms with Crippen molar-refractivity contribution in [1.29, 1.82) is 0 Å². The molecule has 2 heterocycles. The molecule has 0 spiro atoms. The molecule has 1 aromatic rings. The first-order valence-corrected chi connectivity index (χ1v) is 10.9. The summed E-state index contributed by atoms with van der Waals surface area (Å²) in [5.41, 5.74) is 0.295. The molecule has 1 aromatic carbocycles. The Balaban J connectivity index is 1.55. The Bertz CT molecular complexity index is 908. The number of benzene rings is 1. The molecule has 2 aliphatic heterocycles. The largest absolute Gasteiger partial charge is 0.482 e. The lowest BCUT2D eigenvalue weighted by atomic mass is 10.2. The number of ether oxygens (including phenoxy) is 2. The van der Waals surface area contributed by atoms with Crippen LogP contribution in [0.1, 0.15) is 13.3 Å². The van der Waals surface area contributed by atoms with E-state index in [-0.39, 0.29) is 42.1 Å². The number of nitrogens with zero attached hydrogens (tertiary/aromatic N) is 2. The van der Waals surface area contributed by atoms with Crippen LogP contribution in [-0.4, -0.2) is 81.3 Å². The van der Waals surface area contributed by atoms with Gasteiger partial charge >= 0.3 is 6.09 Å². The molecule has 0 bridgehead atoms. The van der Waals surface area contributed by atoms with Gasteiger partial charge < -0.3 is 24.6 Å². The number of fused-ring (bicyclic) bond motifs is 1. The number of anilines is 1. The van der Waals surface area contributed by atoms with E-state index in [4.69, 9.17) is 9.47 Å². The van der Waals surface area contributed by atoms with E-state index < -0.39 is 15.9 Å². The number of piperazine rings is 1. The lowest BCUT2D eigenvalue weighted by Gasteiger charge is -2.34. The van der Waals surface area contributed by atoms with Crippen LogP contribution in [0.2, 0.25) is 0 Å². The van der Waals surface area contributed by atoms with E-state index in [0.29, 0.717) is 37.6 Å². The number of sulfone groups is 1. The Morgan fingerprint density at radius 2 is 1.86 bits per heavy atom. The summed E-state index contributed by atoms with van der Waals surface area (Å²) in [6.45, 7) is 3.26. The lowest BCUT2D eigenvalue weighted by molar-refractivity contribution is -0.132. The van der Waals surface area contributed by atoms with Gasteiger partial charge in [0.1, 0.15) is 5.75 Å². The van der Waals surface area contributed by atoms with E-state index in [9.17, 15) is 22.8 Å². The van der Waals surface area contributed by atoms with Crippen molar-refractivity contribution in [3.63, 3.8) is 0 Å². The summed E-state index contributed by atoms with van der Waals surface area (Å²) >= 11 is 0. The van der Waals surface area contributed by atoms with Gasteiger partial charge in [-0.25, -0.2) is 13.2 Å². The first-order valence-electron chi connectivity index (χ1n) is 9.29. The normalized spacial score (nSPS) is 16.5. The van der Waals surface area contributed by atoms with Crippen LogP contribution in [0.5, 0.6) is 5.75 Å². The predicted octanol–water partition coefficient (Wildman–Crippen LogP) is 0.482. The molecule has 1 saturated heterocycles. The molecule has 29 heavy (non-hydrogen) atoms. The van der Waals surface area contributed by atoms with E-state index >= 15 is 0 Å². The van der Waals surface area contributed by atoms with E-state index in [1.807, 2.05) is 0 Å². The van der Waals surface area contributed by atoms with Gasteiger partial charge in [0.2, 0.25) is 5.91 Å². The summed E-state index contributed by atoms with van der Waals surface area (Å²) in [6, 6.07) is 4.22. The van der Waals surface area contributed by atoms with Gasteiger partial charge in [0.25, 0.3) is 5.91 Å². The van der Waals surface area contributed by atoms with Crippen molar-refractivity contribution in [2.24, 2.45) is 0 Å². The average Bonchev–Trinajstić information content (AvgIpc) is 2.71. The van der Waals surface area contributed by atoms with Crippen LogP contribution < -0.4 is 10.1 Å². The number of rotatable bonds is 5. The number of nitrogens with one attached hydrogen (secondary N) is 1. The van der Waals surface area contributed by atoms with Gasteiger partial charge in [-0.3, -0.25) is 9.59 Å². The molecule has 0 radical (unpaired) electrons. The fourth-order valence-corrected chi connectivity index (χ4v) is 4.36. The molecule has 0 atom stereocenters. The van der Waals surface area contributed by atoms with E-state index in [1.165, 1.54) is 23.1 Å². The summed E-state index contributed by atoms with van der Waals surface area (Å²) in [4.78, 5) is 38.6. The SMILES string of the molecule is CCOC(=O)N1CCN(C(=O)CCS(=O)(=O)c2ccc3c(c2)NC(=O)CO3)CC1. The highest BCUT2D eigenvalue weighted by Crippen LogP contribution is 2.30. The summed E-state index contributed by atoms with van der Waals surface area (Å²) in [6.07, 6.45) is -0.576. The van der Waals surface area contributed by atoms with Crippen LogP contribution in [0.15, 0.2) is 23.1 Å². The van der Waals surface area contributed by atoms with Gasteiger partial charge in [0, 0.05) is 32.6 Å². The summed E-state index contributed by atoms with van der Waals surface area (Å²) < 4.78 is 35.4. The Morgan fingerprint density at radius 1 is 1.17 bits per heavy atom. The fraction of sp³-hybridized carbons (Fsp3) is 0.500. The fourth-order valence-electron chi connectivity index (χ4n) is 3.11. The number of carbonyl (C=O) groups is 3. The number of hydrogen-bond acceptors (Lipinski definition) is 7. The third-order valence-electron chi connectivity index (χ3n) is 4.69. The average molecular weight is 425 g/mol. The monoisotopic (exact) mass is 425 g/mol. The van der Waals surface area contributed by atoms with E-state index in [1.54, 1.807) is 11.8 Å². The van der Waals surface area contributed by atoms with Crippen LogP contribution in [0, 0.1) is 0 Å². The van der Waals surface area contributed by atoms with Crippen molar-refractivity contribution in [2.75, 3.05) is 50.5 Å². The minimum Gasteiger partial charge on any atom is -0.482 e. The zero-order valence-electron chi connectivity index (χ0n) is 16.0. The van der Waals surface area contributed by atoms with Crippen LogP contribution in [-0.2, 0) is 24.2 Å². The molecule has 3 rings (SSSR count). The molecule has 10 nitrogen and oxygen atoms in total. The molecule has 1 N–H and O–H groups in total. The molecular weight excluding hydrogens is 402 g/mol. The Morgan fingerprint density at radius 3 is 2.55 bits per heavy atom. The minimum atomic E-state index is -3.72. The van der Waals surface area contributed by atoms with Crippen molar-refractivity contribution in [3.05, 3.63) is 18.2 Å². The zero-order valence-corrected chi connectivity index (χ0v) is 16.9. The van der Waals surface area contributed by atoms with Crippen molar-refractivity contribution in [3.8, 4) is 5.75 Å². The van der Waals surface area contributed by atoms with E-state index in [2.05, 4.69) is 5.32 Å². The molecule has 0 aromatic heterocycles. The van der Waals surface area contributed by atoms with Gasteiger partial charge in [-0.1, -0.05) is 0 Å². The number of hydrogen-bond donors (Lipinski definition) is 1. The van der Waals surface area contributed by atoms with Crippen molar-refractivity contribution in [2.45, 2.75) is 18.2 Å². The van der Waals surface area contributed by atoms with Gasteiger partial charge in [0.15, 0.2) is 16.4 Å². The summed E-state index contributed by atoms with van der Waals surface area (Å²) in [5.74, 6) is -0.590. The molecular formula is C18H23N3O7S. The standard InChI is InChI=1S/C18H23N3O7S/c1-2-27-18(24)21-8-6-20(7-9-21)17(23)5-10-29(25,26)13-3-4-15-14(11-13)19-16(22)12-28-15/h3-4,11H,2,5-10,12H2,1H3,(H,19,22). The Hall–Kier alpha value is -2.82. The second kappa shape index (κ2) is 8.68. The predicted molar refractivity (Wildman–Crippen MR) is 102 cm³/mol. The highest BCUT2D eigenvalue weighted by atomic mass is 32.2. The quantitative estimate of drug-likeness (QED) is 0.728. The first kappa shape index (κ1) is 20.9. The molecule has 0 saturated carbocycles. The summed E-state index contributed by atoms with van der Waals surface area (Å²) in [5, 5.41) is 2.57. The van der Waals surface area contributed by atoms with Crippen molar-refractivity contribution in [1.82, 2.24) is 9.80 Å². The maximum Gasteiger partial charge on any atom is 0.409 e. The molecule has 158 valence electrons. The van der Waals surface area contributed by atoms with Gasteiger partial charge in [-0.05, 0) is 25.1 Å². The Kier molecular flexibility index (Phi) is 6.26. The smallest absolute Gasteiger partial charge is 0.409 e. The maximum absolute atomic E-state index is 12.6.